The third kappa shape index (κ3) is 3.67. The molecule has 0 heterocycles. The first-order chi connectivity index (χ1) is 8.99. The molecule has 0 aliphatic rings. The summed E-state index contributed by atoms with van der Waals surface area (Å²) in [6.07, 6.45) is 2.93. The van der Waals surface area contributed by atoms with Crippen LogP contribution in [0.25, 0.3) is 0 Å². The summed E-state index contributed by atoms with van der Waals surface area (Å²) in [7, 11) is 1.62. The molecule has 0 atom stereocenters. The Bertz CT molecular complexity index is 474. The smallest absolute Gasteiger partial charge is 0.311 e. The zero-order valence-corrected chi connectivity index (χ0v) is 11.1. The zero-order chi connectivity index (χ0) is 14.4. The van der Waals surface area contributed by atoms with Crippen LogP contribution in [0.15, 0.2) is 18.2 Å². The Balaban J connectivity index is 2.88. The van der Waals surface area contributed by atoms with Crippen molar-refractivity contribution >= 4 is 11.6 Å². The van der Waals surface area contributed by atoms with Crippen LogP contribution in [-0.2, 0) is 0 Å². The Morgan fingerprint density at radius 1 is 1.42 bits per heavy atom. The lowest BCUT2D eigenvalue weighted by atomic mass is 10.1. The number of carbonyl (C=O) groups excluding carboxylic acids is 1. The average Bonchev–Trinajstić information content (AvgIpc) is 2.38. The van der Waals surface area contributed by atoms with E-state index in [1.54, 1.807) is 7.05 Å². The van der Waals surface area contributed by atoms with Crippen LogP contribution in [0, 0.1) is 10.1 Å². The normalized spacial score (nSPS) is 10.2. The average molecular weight is 266 g/mol. The summed E-state index contributed by atoms with van der Waals surface area (Å²) < 4.78 is 0. The van der Waals surface area contributed by atoms with E-state index in [-0.39, 0.29) is 5.56 Å². The van der Waals surface area contributed by atoms with Crippen LogP contribution in [0.4, 0.5) is 5.69 Å². The molecule has 0 aromatic heterocycles. The quantitative estimate of drug-likeness (QED) is 0.487. The third-order valence-corrected chi connectivity index (χ3v) is 2.89. The highest BCUT2D eigenvalue weighted by atomic mass is 16.6. The molecule has 1 amide bonds. The number of phenolic OH excluding ortho intramolecular Hbond substituents is 1. The van der Waals surface area contributed by atoms with E-state index in [0.717, 1.165) is 19.3 Å². The maximum absolute atomic E-state index is 12.1. The van der Waals surface area contributed by atoms with Gasteiger partial charge in [-0.15, -0.1) is 0 Å². The number of rotatable bonds is 6. The monoisotopic (exact) mass is 266 g/mol. The number of para-hydroxylation sites is 1. The zero-order valence-electron chi connectivity index (χ0n) is 11.1. The highest BCUT2D eigenvalue weighted by molar-refractivity contribution is 5.97. The first-order valence-electron chi connectivity index (χ1n) is 6.20. The van der Waals surface area contributed by atoms with Crippen molar-refractivity contribution in [2.45, 2.75) is 26.2 Å². The summed E-state index contributed by atoms with van der Waals surface area (Å²) in [4.78, 5) is 23.5. The Morgan fingerprint density at radius 3 is 2.68 bits per heavy atom. The number of phenols is 1. The van der Waals surface area contributed by atoms with Gasteiger partial charge in [-0.25, -0.2) is 0 Å². The molecule has 0 fully saturated rings. The van der Waals surface area contributed by atoms with E-state index >= 15 is 0 Å². The van der Waals surface area contributed by atoms with Crippen LogP contribution in [0.2, 0.25) is 0 Å². The molecule has 0 unspecified atom stereocenters. The minimum absolute atomic E-state index is 0.0341. The van der Waals surface area contributed by atoms with Crippen LogP contribution in [0.3, 0.4) is 0 Å². The van der Waals surface area contributed by atoms with Crippen LogP contribution >= 0.6 is 0 Å². The second-order valence-electron chi connectivity index (χ2n) is 4.36. The van der Waals surface area contributed by atoms with Crippen molar-refractivity contribution in [3.63, 3.8) is 0 Å². The van der Waals surface area contributed by atoms with Crippen molar-refractivity contribution in [1.29, 1.82) is 0 Å². The van der Waals surface area contributed by atoms with E-state index in [0.29, 0.717) is 6.54 Å². The Hall–Kier alpha value is -2.11. The maximum atomic E-state index is 12.1. The Morgan fingerprint density at radius 2 is 2.11 bits per heavy atom. The molecule has 6 heteroatoms. The number of hydrogen-bond donors (Lipinski definition) is 1. The van der Waals surface area contributed by atoms with Gasteiger partial charge in [0.1, 0.15) is 0 Å². The SMILES string of the molecule is CCCCCN(C)C(=O)c1cccc([N+](=O)[O-])c1O. The summed E-state index contributed by atoms with van der Waals surface area (Å²) in [6.45, 7) is 2.63. The van der Waals surface area contributed by atoms with Gasteiger partial charge in [0.25, 0.3) is 5.91 Å². The molecular formula is C13H18N2O4. The first-order valence-corrected chi connectivity index (χ1v) is 6.20. The van der Waals surface area contributed by atoms with E-state index < -0.39 is 22.3 Å². The van der Waals surface area contributed by atoms with Crippen molar-refractivity contribution in [1.82, 2.24) is 4.90 Å². The number of nitro groups is 1. The van der Waals surface area contributed by atoms with Gasteiger partial charge in [0.15, 0.2) is 0 Å². The van der Waals surface area contributed by atoms with Crippen LogP contribution in [0.5, 0.6) is 5.75 Å². The lowest BCUT2D eigenvalue weighted by Gasteiger charge is -2.17. The molecule has 1 rings (SSSR count). The number of nitrogens with zero attached hydrogens (tertiary/aromatic N) is 2. The molecule has 0 aliphatic carbocycles. The Kier molecular flexibility index (Phi) is 5.29. The molecule has 0 saturated heterocycles. The number of nitro benzene ring substituents is 1. The molecule has 0 spiro atoms. The molecule has 1 N–H and O–H groups in total. The topological polar surface area (TPSA) is 83.7 Å². The predicted octanol–water partition coefficient (Wildman–Crippen LogP) is 2.56. The van der Waals surface area contributed by atoms with Gasteiger partial charge in [-0.3, -0.25) is 14.9 Å². The number of hydrogen-bond acceptors (Lipinski definition) is 4. The fourth-order valence-corrected chi connectivity index (χ4v) is 1.76. The third-order valence-electron chi connectivity index (χ3n) is 2.89. The van der Waals surface area contributed by atoms with Crippen molar-refractivity contribution < 1.29 is 14.8 Å². The fourth-order valence-electron chi connectivity index (χ4n) is 1.76. The molecule has 19 heavy (non-hydrogen) atoms. The molecule has 104 valence electrons. The molecule has 0 aliphatic heterocycles. The largest absolute Gasteiger partial charge is 0.502 e. The second-order valence-corrected chi connectivity index (χ2v) is 4.36. The predicted molar refractivity (Wildman–Crippen MR) is 71.2 cm³/mol. The highest BCUT2D eigenvalue weighted by Crippen LogP contribution is 2.29. The maximum Gasteiger partial charge on any atom is 0.311 e. The van der Waals surface area contributed by atoms with Crippen LogP contribution in [-0.4, -0.2) is 34.4 Å². The summed E-state index contributed by atoms with van der Waals surface area (Å²) in [6, 6.07) is 3.95. The molecule has 1 aromatic carbocycles. The first kappa shape index (κ1) is 14.9. The standard InChI is InChI=1S/C13H18N2O4/c1-3-4-5-9-14(2)13(17)10-7-6-8-11(12(10)16)15(18)19/h6-8,16H,3-5,9H2,1-2H3. The van der Waals surface area contributed by atoms with Crippen molar-refractivity contribution in [3.05, 3.63) is 33.9 Å². The number of amides is 1. The summed E-state index contributed by atoms with van der Waals surface area (Å²) in [5.74, 6) is -0.975. The number of benzene rings is 1. The van der Waals surface area contributed by atoms with E-state index in [1.165, 1.54) is 23.1 Å². The summed E-state index contributed by atoms with van der Waals surface area (Å²) in [5, 5.41) is 20.5. The lowest BCUT2D eigenvalue weighted by molar-refractivity contribution is -0.385. The molecule has 0 radical (unpaired) electrons. The molecule has 1 aromatic rings. The minimum Gasteiger partial charge on any atom is -0.502 e. The summed E-state index contributed by atoms with van der Waals surface area (Å²) in [5.41, 5.74) is -0.485. The van der Waals surface area contributed by atoms with E-state index in [4.69, 9.17) is 0 Å². The van der Waals surface area contributed by atoms with Gasteiger partial charge in [-0.05, 0) is 12.5 Å². The van der Waals surface area contributed by atoms with Crippen molar-refractivity contribution in [2.75, 3.05) is 13.6 Å². The molecule has 0 bridgehead atoms. The van der Waals surface area contributed by atoms with Crippen molar-refractivity contribution in [2.24, 2.45) is 0 Å². The van der Waals surface area contributed by atoms with Gasteiger partial charge in [-0.2, -0.15) is 0 Å². The van der Waals surface area contributed by atoms with Gasteiger partial charge in [-0.1, -0.05) is 25.8 Å². The van der Waals surface area contributed by atoms with Gasteiger partial charge in [0.05, 0.1) is 10.5 Å². The lowest BCUT2D eigenvalue weighted by Crippen LogP contribution is -2.27. The molecule has 6 nitrogen and oxygen atoms in total. The minimum atomic E-state index is -0.705. The number of aromatic hydroxyl groups is 1. The van der Waals surface area contributed by atoms with Gasteiger partial charge >= 0.3 is 5.69 Å². The number of unbranched alkanes of at least 4 members (excludes halogenated alkanes) is 2. The van der Waals surface area contributed by atoms with E-state index in [1.807, 2.05) is 0 Å². The van der Waals surface area contributed by atoms with Gasteiger partial charge in [0, 0.05) is 19.7 Å². The highest BCUT2D eigenvalue weighted by Gasteiger charge is 2.22. The fraction of sp³-hybridized carbons (Fsp3) is 0.462. The van der Waals surface area contributed by atoms with Crippen molar-refractivity contribution in [3.8, 4) is 5.75 Å². The van der Waals surface area contributed by atoms with E-state index in [2.05, 4.69) is 6.92 Å². The molecular weight excluding hydrogens is 248 g/mol. The molecule has 0 saturated carbocycles. The van der Waals surface area contributed by atoms with Gasteiger partial charge < -0.3 is 10.0 Å². The van der Waals surface area contributed by atoms with E-state index in [9.17, 15) is 20.0 Å². The second kappa shape index (κ2) is 6.72. The van der Waals surface area contributed by atoms with Crippen LogP contribution in [0.1, 0.15) is 36.5 Å². The Labute approximate surface area is 111 Å². The van der Waals surface area contributed by atoms with Crippen LogP contribution < -0.4 is 0 Å². The summed E-state index contributed by atoms with van der Waals surface area (Å²) >= 11 is 0. The van der Waals surface area contributed by atoms with Gasteiger partial charge in [0.2, 0.25) is 5.75 Å². The number of carbonyl (C=O) groups is 1.